The lowest BCUT2D eigenvalue weighted by Crippen LogP contribution is -2.29. The first-order valence-corrected chi connectivity index (χ1v) is 13.8. The van der Waals surface area contributed by atoms with Crippen LogP contribution < -0.4 is 10.1 Å². The molecule has 0 aliphatic heterocycles. The zero-order valence-corrected chi connectivity index (χ0v) is 24.7. The van der Waals surface area contributed by atoms with Gasteiger partial charge in [-0.1, -0.05) is 50.2 Å². The SMILES string of the molecule is Cc1c(C)n(C(C)(C)c2cccc(O[C@@H](C)C(=O)O)c2)c2ccc(C(=O)N[C@@H](C)c3cccc(C(C)C)c3)cc12. The molecule has 4 aromatic rings. The van der Waals surface area contributed by atoms with Gasteiger partial charge in [0.2, 0.25) is 0 Å². The number of hydrogen-bond acceptors (Lipinski definition) is 3. The first kappa shape index (κ1) is 28.9. The van der Waals surface area contributed by atoms with Gasteiger partial charge in [0, 0.05) is 22.2 Å². The predicted octanol–water partition coefficient (Wildman–Crippen LogP) is 7.51. The van der Waals surface area contributed by atoms with E-state index in [1.165, 1.54) is 12.5 Å². The van der Waals surface area contributed by atoms with Crippen molar-refractivity contribution in [2.24, 2.45) is 0 Å². The average Bonchev–Trinajstić information content (AvgIpc) is 3.18. The van der Waals surface area contributed by atoms with E-state index < -0.39 is 17.6 Å². The molecule has 210 valence electrons. The molecule has 0 fully saturated rings. The second kappa shape index (κ2) is 11.2. The van der Waals surface area contributed by atoms with Crippen LogP contribution in [0, 0.1) is 13.8 Å². The van der Waals surface area contributed by atoms with Crippen molar-refractivity contribution in [1.82, 2.24) is 9.88 Å². The van der Waals surface area contributed by atoms with E-state index in [9.17, 15) is 14.7 Å². The van der Waals surface area contributed by atoms with Crippen molar-refractivity contribution in [3.63, 3.8) is 0 Å². The molecular weight excluding hydrogens is 500 g/mol. The fraction of sp³-hybridized carbons (Fsp3) is 0.353. The zero-order chi connectivity index (χ0) is 29.4. The highest BCUT2D eigenvalue weighted by Gasteiger charge is 2.28. The summed E-state index contributed by atoms with van der Waals surface area (Å²) < 4.78 is 7.92. The van der Waals surface area contributed by atoms with Crippen LogP contribution in [0.25, 0.3) is 10.9 Å². The molecule has 0 aliphatic rings. The Morgan fingerprint density at radius 3 is 2.25 bits per heavy atom. The van der Waals surface area contributed by atoms with Crippen molar-refractivity contribution in [3.8, 4) is 5.75 Å². The van der Waals surface area contributed by atoms with Crippen molar-refractivity contribution in [2.75, 3.05) is 0 Å². The van der Waals surface area contributed by atoms with Gasteiger partial charge in [-0.3, -0.25) is 4.79 Å². The monoisotopic (exact) mass is 540 g/mol. The van der Waals surface area contributed by atoms with E-state index in [1.54, 1.807) is 6.07 Å². The third-order valence-corrected chi connectivity index (χ3v) is 7.97. The van der Waals surface area contributed by atoms with Crippen LogP contribution in [0.3, 0.4) is 0 Å². The lowest BCUT2D eigenvalue weighted by Gasteiger charge is -2.31. The minimum absolute atomic E-state index is 0.106. The summed E-state index contributed by atoms with van der Waals surface area (Å²) in [7, 11) is 0. The van der Waals surface area contributed by atoms with E-state index in [2.05, 4.69) is 69.6 Å². The Morgan fingerprint density at radius 1 is 0.900 bits per heavy atom. The van der Waals surface area contributed by atoms with Crippen LogP contribution in [0.1, 0.15) is 91.8 Å². The average molecular weight is 541 g/mol. The van der Waals surface area contributed by atoms with E-state index >= 15 is 0 Å². The molecule has 0 saturated heterocycles. The minimum Gasteiger partial charge on any atom is -0.479 e. The molecule has 4 rings (SSSR count). The number of carbonyl (C=O) groups is 2. The van der Waals surface area contributed by atoms with Gasteiger partial charge in [0.1, 0.15) is 5.75 Å². The summed E-state index contributed by atoms with van der Waals surface area (Å²) in [4.78, 5) is 24.6. The van der Waals surface area contributed by atoms with Crippen molar-refractivity contribution < 1.29 is 19.4 Å². The molecule has 0 radical (unpaired) electrons. The third kappa shape index (κ3) is 5.62. The van der Waals surface area contributed by atoms with E-state index in [4.69, 9.17) is 4.74 Å². The number of aryl methyl sites for hydroxylation is 1. The summed E-state index contributed by atoms with van der Waals surface area (Å²) in [5.41, 5.74) is 6.72. The van der Waals surface area contributed by atoms with E-state index in [-0.39, 0.29) is 11.9 Å². The maximum Gasteiger partial charge on any atom is 0.344 e. The standard InChI is InChI=1S/C34H40N2O4/c1-20(2)25-11-9-12-26(17-25)22(4)35-32(37)27-15-16-31-30(18-27)21(3)23(5)36(31)34(7,8)28-13-10-14-29(19-28)40-24(6)33(38)39/h9-20,22,24H,1-8H3,(H,35,37)(H,38,39)/t22-,24-/m0/s1. The van der Waals surface area contributed by atoms with Gasteiger partial charge in [-0.25, -0.2) is 4.79 Å². The molecule has 0 spiro atoms. The van der Waals surface area contributed by atoms with Crippen LogP contribution in [0.2, 0.25) is 0 Å². The summed E-state index contributed by atoms with van der Waals surface area (Å²) in [5.74, 6) is -0.178. The van der Waals surface area contributed by atoms with Crippen LogP contribution >= 0.6 is 0 Å². The Labute approximate surface area is 237 Å². The number of benzene rings is 3. The van der Waals surface area contributed by atoms with Crippen molar-refractivity contribution in [2.45, 2.75) is 79.0 Å². The summed E-state index contributed by atoms with van der Waals surface area (Å²) >= 11 is 0. The number of carboxylic acids is 1. The van der Waals surface area contributed by atoms with Gasteiger partial charge in [-0.15, -0.1) is 0 Å². The second-order valence-corrected chi connectivity index (χ2v) is 11.5. The molecule has 6 nitrogen and oxygen atoms in total. The molecule has 0 aliphatic carbocycles. The Bertz CT molecular complexity index is 1560. The first-order chi connectivity index (χ1) is 18.8. The van der Waals surface area contributed by atoms with Crippen molar-refractivity contribution in [1.29, 1.82) is 0 Å². The minimum atomic E-state index is -1.01. The normalized spacial score (nSPS) is 13.3. The van der Waals surface area contributed by atoms with E-state index in [1.807, 2.05) is 49.4 Å². The Kier molecular flexibility index (Phi) is 8.10. The number of ether oxygens (including phenoxy) is 1. The second-order valence-electron chi connectivity index (χ2n) is 11.5. The van der Waals surface area contributed by atoms with Crippen LogP contribution in [0.15, 0.2) is 66.7 Å². The number of amides is 1. The third-order valence-electron chi connectivity index (χ3n) is 7.97. The molecular formula is C34H40N2O4. The Balaban J connectivity index is 1.65. The molecule has 2 N–H and O–H groups in total. The summed E-state index contributed by atoms with van der Waals surface area (Å²) in [6, 6.07) is 21.7. The van der Waals surface area contributed by atoms with Gasteiger partial charge < -0.3 is 19.7 Å². The summed E-state index contributed by atoms with van der Waals surface area (Å²) in [6.07, 6.45) is -0.943. The number of fused-ring (bicyclic) bond motifs is 1. The molecule has 1 aromatic heterocycles. The fourth-order valence-electron chi connectivity index (χ4n) is 5.32. The van der Waals surface area contributed by atoms with Crippen LogP contribution in [0.5, 0.6) is 5.75 Å². The highest BCUT2D eigenvalue weighted by Crippen LogP contribution is 2.37. The van der Waals surface area contributed by atoms with Crippen LogP contribution in [-0.2, 0) is 10.3 Å². The molecule has 6 heteroatoms. The number of nitrogens with zero attached hydrogens (tertiary/aromatic N) is 1. The predicted molar refractivity (Wildman–Crippen MR) is 160 cm³/mol. The molecule has 0 unspecified atom stereocenters. The number of nitrogens with one attached hydrogen (secondary N) is 1. The van der Waals surface area contributed by atoms with Crippen molar-refractivity contribution in [3.05, 3.63) is 100 Å². The van der Waals surface area contributed by atoms with Crippen LogP contribution in [0.4, 0.5) is 0 Å². The smallest absolute Gasteiger partial charge is 0.344 e. The number of hydrogen-bond donors (Lipinski definition) is 2. The number of aliphatic carboxylic acids is 1. The quantitative estimate of drug-likeness (QED) is 0.230. The maximum absolute atomic E-state index is 13.3. The maximum atomic E-state index is 13.3. The number of carboxylic acid groups (broad SMARTS) is 1. The fourth-order valence-corrected chi connectivity index (χ4v) is 5.32. The number of carbonyl (C=O) groups excluding carboxylic acids is 1. The molecule has 1 amide bonds. The van der Waals surface area contributed by atoms with E-state index in [0.717, 1.165) is 33.3 Å². The van der Waals surface area contributed by atoms with Gasteiger partial charge >= 0.3 is 5.97 Å². The Morgan fingerprint density at radius 2 is 1.57 bits per heavy atom. The highest BCUT2D eigenvalue weighted by atomic mass is 16.5. The van der Waals surface area contributed by atoms with E-state index in [0.29, 0.717) is 17.2 Å². The Hall–Kier alpha value is -4.06. The van der Waals surface area contributed by atoms with Gasteiger partial charge in [-0.05, 0) is 100 Å². The first-order valence-electron chi connectivity index (χ1n) is 13.8. The van der Waals surface area contributed by atoms with Gasteiger partial charge in [0.25, 0.3) is 5.91 Å². The van der Waals surface area contributed by atoms with Gasteiger partial charge in [0.05, 0.1) is 11.6 Å². The topological polar surface area (TPSA) is 80.6 Å². The summed E-state index contributed by atoms with van der Waals surface area (Å²) in [5, 5.41) is 13.4. The van der Waals surface area contributed by atoms with Gasteiger partial charge in [0.15, 0.2) is 6.10 Å². The van der Waals surface area contributed by atoms with Crippen molar-refractivity contribution >= 4 is 22.8 Å². The lowest BCUT2D eigenvalue weighted by atomic mass is 9.93. The number of aromatic nitrogens is 1. The largest absolute Gasteiger partial charge is 0.479 e. The van der Waals surface area contributed by atoms with Gasteiger partial charge in [-0.2, -0.15) is 0 Å². The van der Waals surface area contributed by atoms with Crippen LogP contribution in [-0.4, -0.2) is 27.7 Å². The molecule has 0 bridgehead atoms. The molecule has 40 heavy (non-hydrogen) atoms. The zero-order valence-electron chi connectivity index (χ0n) is 24.7. The molecule has 1 heterocycles. The highest BCUT2D eigenvalue weighted by molar-refractivity contribution is 5.99. The summed E-state index contributed by atoms with van der Waals surface area (Å²) in [6.45, 7) is 16.3. The lowest BCUT2D eigenvalue weighted by molar-refractivity contribution is -0.144. The molecule has 2 atom stereocenters. The molecule has 3 aromatic carbocycles. The molecule has 0 saturated carbocycles. The number of rotatable bonds is 9.